The first-order valence-corrected chi connectivity index (χ1v) is 5.06. The normalized spacial score (nSPS) is 15.9. The van der Waals surface area contributed by atoms with E-state index in [2.05, 4.69) is 17.9 Å². The molecule has 0 bridgehead atoms. The molecule has 1 aliphatic carbocycles. The second-order valence-corrected chi connectivity index (χ2v) is 3.38. The maximum absolute atomic E-state index is 4.92. The van der Waals surface area contributed by atoms with Gasteiger partial charge in [0.1, 0.15) is 0 Å². The minimum atomic E-state index is 0.756. The van der Waals surface area contributed by atoms with Crippen molar-refractivity contribution in [3.63, 3.8) is 0 Å². The topological polar surface area (TPSA) is 9.23 Å². The first kappa shape index (κ1) is 10.3. The molecule has 1 rings (SSSR count). The summed E-state index contributed by atoms with van der Waals surface area (Å²) in [5.41, 5.74) is 1.54. The van der Waals surface area contributed by atoms with Gasteiger partial charge in [-0.3, -0.25) is 0 Å². The second-order valence-electron chi connectivity index (χ2n) is 3.38. The molecule has 13 heavy (non-hydrogen) atoms. The molecule has 0 spiro atoms. The minimum absolute atomic E-state index is 0.756. The third-order valence-corrected chi connectivity index (χ3v) is 2.26. The summed E-state index contributed by atoms with van der Waals surface area (Å²) in [4.78, 5) is 0. The lowest BCUT2D eigenvalue weighted by Gasteiger charge is -2.08. The van der Waals surface area contributed by atoms with Crippen molar-refractivity contribution in [3.05, 3.63) is 11.6 Å². The fourth-order valence-electron chi connectivity index (χ4n) is 1.48. The lowest BCUT2D eigenvalue weighted by Crippen LogP contribution is -1.90. The van der Waals surface area contributed by atoms with E-state index in [1.807, 2.05) is 0 Å². The molecule has 0 aromatic carbocycles. The van der Waals surface area contributed by atoms with Gasteiger partial charge in [-0.05, 0) is 25.7 Å². The van der Waals surface area contributed by atoms with Crippen LogP contribution in [0.1, 0.15) is 38.5 Å². The summed E-state index contributed by atoms with van der Waals surface area (Å²) in [5.74, 6) is 6.31. The minimum Gasteiger partial charge on any atom is -0.384 e. The molecule has 0 amide bonds. The van der Waals surface area contributed by atoms with Crippen molar-refractivity contribution in [1.82, 2.24) is 0 Å². The van der Waals surface area contributed by atoms with Crippen LogP contribution >= 0.6 is 0 Å². The molecule has 0 aromatic rings. The Morgan fingerprint density at radius 2 is 2.31 bits per heavy atom. The van der Waals surface area contributed by atoms with Crippen molar-refractivity contribution in [3.8, 4) is 11.8 Å². The van der Waals surface area contributed by atoms with Crippen molar-refractivity contribution in [1.29, 1.82) is 0 Å². The first-order valence-electron chi connectivity index (χ1n) is 5.06. The standard InChI is InChI=1S/C12H18O/c1-13-11-7-3-6-10-12-8-4-2-5-9-12/h8H,2,4-5,7,9-11H2,1H3. The van der Waals surface area contributed by atoms with Gasteiger partial charge in [-0.1, -0.05) is 17.6 Å². The predicted molar refractivity (Wildman–Crippen MR) is 55.4 cm³/mol. The zero-order chi connectivity index (χ0) is 9.36. The third-order valence-electron chi connectivity index (χ3n) is 2.26. The maximum atomic E-state index is 4.92. The Morgan fingerprint density at radius 1 is 1.38 bits per heavy atom. The number of rotatable bonds is 3. The van der Waals surface area contributed by atoms with Crippen molar-refractivity contribution >= 4 is 0 Å². The molecule has 0 N–H and O–H groups in total. The number of hydrogen-bond acceptors (Lipinski definition) is 1. The molecule has 0 unspecified atom stereocenters. The van der Waals surface area contributed by atoms with Crippen LogP contribution in [0.5, 0.6) is 0 Å². The van der Waals surface area contributed by atoms with E-state index in [1.165, 1.54) is 31.3 Å². The van der Waals surface area contributed by atoms with Gasteiger partial charge in [0, 0.05) is 20.0 Å². The van der Waals surface area contributed by atoms with E-state index in [0.29, 0.717) is 0 Å². The smallest absolute Gasteiger partial charge is 0.0571 e. The fraction of sp³-hybridized carbons (Fsp3) is 0.667. The average Bonchev–Trinajstić information content (AvgIpc) is 2.19. The molecule has 1 heteroatoms. The van der Waals surface area contributed by atoms with E-state index in [4.69, 9.17) is 4.74 Å². The van der Waals surface area contributed by atoms with Crippen LogP contribution in [0.15, 0.2) is 11.6 Å². The Morgan fingerprint density at radius 3 is 3.00 bits per heavy atom. The highest BCUT2D eigenvalue weighted by Crippen LogP contribution is 2.19. The van der Waals surface area contributed by atoms with E-state index in [9.17, 15) is 0 Å². The van der Waals surface area contributed by atoms with E-state index in [0.717, 1.165) is 19.4 Å². The molecular formula is C12H18O. The Balaban J connectivity index is 2.15. The molecule has 0 atom stereocenters. The van der Waals surface area contributed by atoms with Gasteiger partial charge >= 0.3 is 0 Å². The quantitative estimate of drug-likeness (QED) is 0.367. The van der Waals surface area contributed by atoms with Crippen LogP contribution < -0.4 is 0 Å². The Bertz CT molecular complexity index is 217. The SMILES string of the molecule is COCCC#CCC1=CCCCC1. The van der Waals surface area contributed by atoms with E-state index >= 15 is 0 Å². The van der Waals surface area contributed by atoms with Crippen LogP contribution in [0.4, 0.5) is 0 Å². The Labute approximate surface area is 81.2 Å². The van der Waals surface area contributed by atoms with Gasteiger partial charge in [-0.15, -0.1) is 5.92 Å². The number of allylic oxidation sites excluding steroid dienone is 2. The van der Waals surface area contributed by atoms with Crippen LogP contribution in [0, 0.1) is 11.8 Å². The predicted octanol–water partition coefficient (Wildman–Crippen LogP) is 2.92. The highest BCUT2D eigenvalue weighted by molar-refractivity contribution is 5.15. The summed E-state index contributed by atoms with van der Waals surface area (Å²) >= 11 is 0. The highest BCUT2D eigenvalue weighted by Gasteiger charge is 2.00. The van der Waals surface area contributed by atoms with Gasteiger partial charge in [0.05, 0.1) is 6.61 Å². The number of ether oxygens (including phenoxy) is 1. The second kappa shape index (κ2) is 6.74. The monoisotopic (exact) mass is 178 g/mol. The first-order chi connectivity index (χ1) is 6.43. The lowest BCUT2D eigenvalue weighted by atomic mass is 9.97. The van der Waals surface area contributed by atoms with Crippen molar-refractivity contribution in [2.45, 2.75) is 38.5 Å². The summed E-state index contributed by atoms with van der Waals surface area (Å²) < 4.78 is 4.92. The molecule has 0 fully saturated rings. The van der Waals surface area contributed by atoms with Gasteiger partial charge in [-0.25, -0.2) is 0 Å². The Hall–Kier alpha value is -0.740. The number of methoxy groups -OCH3 is 1. The largest absolute Gasteiger partial charge is 0.384 e. The van der Waals surface area contributed by atoms with E-state index in [-0.39, 0.29) is 0 Å². The summed E-state index contributed by atoms with van der Waals surface area (Å²) in [6.45, 7) is 0.756. The van der Waals surface area contributed by atoms with Crippen molar-refractivity contribution in [2.24, 2.45) is 0 Å². The average molecular weight is 178 g/mol. The van der Waals surface area contributed by atoms with Crippen LogP contribution in [0.25, 0.3) is 0 Å². The Kier molecular flexibility index (Phi) is 5.36. The molecule has 1 aliphatic rings. The summed E-state index contributed by atoms with van der Waals surface area (Å²) in [6.07, 6.45) is 9.43. The molecule has 0 radical (unpaired) electrons. The zero-order valence-corrected chi connectivity index (χ0v) is 8.44. The maximum Gasteiger partial charge on any atom is 0.0571 e. The van der Waals surface area contributed by atoms with Gasteiger partial charge in [0.15, 0.2) is 0 Å². The van der Waals surface area contributed by atoms with Crippen molar-refractivity contribution < 1.29 is 4.74 Å². The highest BCUT2D eigenvalue weighted by atomic mass is 16.5. The van der Waals surface area contributed by atoms with Crippen LogP contribution in [-0.4, -0.2) is 13.7 Å². The summed E-state index contributed by atoms with van der Waals surface area (Å²) in [5, 5.41) is 0. The fourth-order valence-corrected chi connectivity index (χ4v) is 1.48. The molecule has 0 heterocycles. The zero-order valence-electron chi connectivity index (χ0n) is 8.44. The van der Waals surface area contributed by atoms with Crippen molar-refractivity contribution in [2.75, 3.05) is 13.7 Å². The lowest BCUT2D eigenvalue weighted by molar-refractivity contribution is 0.206. The van der Waals surface area contributed by atoms with Gasteiger partial charge in [0.25, 0.3) is 0 Å². The van der Waals surface area contributed by atoms with E-state index < -0.39 is 0 Å². The molecule has 0 aromatic heterocycles. The molecule has 72 valence electrons. The van der Waals surface area contributed by atoms with E-state index in [1.54, 1.807) is 7.11 Å². The van der Waals surface area contributed by atoms with Gasteiger partial charge in [-0.2, -0.15) is 0 Å². The summed E-state index contributed by atoms with van der Waals surface area (Å²) in [7, 11) is 1.71. The van der Waals surface area contributed by atoms with Gasteiger partial charge in [0.2, 0.25) is 0 Å². The molecule has 0 aliphatic heterocycles. The summed E-state index contributed by atoms with van der Waals surface area (Å²) in [6, 6.07) is 0. The molecule has 0 saturated heterocycles. The van der Waals surface area contributed by atoms with Crippen LogP contribution in [0.3, 0.4) is 0 Å². The molecular weight excluding hydrogens is 160 g/mol. The van der Waals surface area contributed by atoms with Crippen LogP contribution in [-0.2, 0) is 4.74 Å². The van der Waals surface area contributed by atoms with Gasteiger partial charge < -0.3 is 4.74 Å². The molecule has 1 nitrogen and oxygen atoms in total. The third kappa shape index (κ3) is 4.75. The molecule has 0 saturated carbocycles. The number of hydrogen-bond donors (Lipinski definition) is 0. The van der Waals surface area contributed by atoms with Crippen LogP contribution in [0.2, 0.25) is 0 Å².